The van der Waals surface area contributed by atoms with E-state index in [4.69, 9.17) is 0 Å². The summed E-state index contributed by atoms with van der Waals surface area (Å²) in [5, 5.41) is 0. The molecule has 0 bridgehead atoms. The minimum absolute atomic E-state index is 0.214. The van der Waals surface area contributed by atoms with Gasteiger partial charge < -0.3 is 0 Å². The molecule has 0 aromatic heterocycles. The van der Waals surface area contributed by atoms with E-state index in [1.54, 1.807) is 16.7 Å². The van der Waals surface area contributed by atoms with Crippen molar-refractivity contribution in [3.8, 4) is 0 Å². The fourth-order valence-corrected chi connectivity index (χ4v) is 3.79. The summed E-state index contributed by atoms with van der Waals surface area (Å²) in [6.07, 6.45) is 7.12. The molecule has 110 valence electrons. The SMILES string of the molecule is CCC1=C/C(=C(\C)C2=C(C)C(C)=CC2)C(C)(C)C1(C)C. The summed E-state index contributed by atoms with van der Waals surface area (Å²) < 4.78 is 0. The van der Waals surface area contributed by atoms with Crippen LogP contribution in [0.5, 0.6) is 0 Å². The van der Waals surface area contributed by atoms with Crippen LogP contribution in [0.3, 0.4) is 0 Å². The molecule has 0 amide bonds. The summed E-state index contributed by atoms with van der Waals surface area (Å²) >= 11 is 0. The zero-order valence-electron chi connectivity index (χ0n) is 14.6. The summed E-state index contributed by atoms with van der Waals surface area (Å²) in [5.74, 6) is 0. The second-order valence-electron chi connectivity index (χ2n) is 7.51. The van der Waals surface area contributed by atoms with Crippen molar-refractivity contribution in [3.63, 3.8) is 0 Å². The van der Waals surface area contributed by atoms with Crippen molar-refractivity contribution in [1.82, 2.24) is 0 Å². The molecule has 0 unspecified atom stereocenters. The maximum absolute atomic E-state index is 2.49. The Labute approximate surface area is 125 Å². The Morgan fingerprint density at radius 3 is 2.10 bits per heavy atom. The molecule has 2 aliphatic rings. The van der Waals surface area contributed by atoms with E-state index in [1.807, 2.05) is 0 Å². The molecular weight excluding hydrogens is 240 g/mol. The largest absolute Gasteiger partial charge is 0.0769 e. The molecule has 20 heavy (non-hydrogen) atoms. The lowest BCUT2D eigenvalue weighted by molar-refractivity contribution is 0.216. The van der Waals surface area contributed by atoms with Gasteiger partial charge in [0, 0.05) is 0 Å². The van der Waals surface area contributed by atoms with Crippen molar-refractivity contribution < 1.29 is 0 Å². The van der Waals surface area contributed by atoms with Crippen molar-refractivity contribution in [2.24, 2.45) is 10.8 Å². The second kappa shape index (κ2) is 4.76. The first-order valence-electron chi connectivity index (χ1n) is 7.94. The molecule has 0 aromatic carbocycles. The van der Waals surface area contributed by atoms with Gasteiger partial charge in [-0.2, -0.15) is 0 Å². The molecule has 0 N–H and O–H groups in total. The van der Waals surface area contributed by atoms with Gasteiger partial charge in [0.25, 0.3) is 0 Å². The smallest absolute Gasteiger partial charge is 0.00125 e. The highest BCUT2D eigenvalue weighted by molar-refractivity contribution is 5.56. The van der Waals surface area contributed by atoms with Crippen LogP contribution in [0.1, 0.15) is 68.2 Å². The third kappa shape index (κ3) is 1.96. The third-order valence-electron chi connectivity index (χ3n) is 6.25. The van der Waals surface area contributed by atoms with Crippen LogP contribution in [0, 0.1) is 10.8 Å². The Balaban J connectivity index is 2.58. The molecule has 0 aliphatic heterocycles. The number of hydrogen-bond donors (Lipinski definition) is 0. The van der Waals surface area contributed by atoms with E-state index in [1.165, 1.54) is 16.7 Å². The predicted octanol–water partition coefficient (Wildman–Crippen LogP) is 6.37. The van der Waals surface area contributed by atoms with Crippen LogP contribution in [0.4, 0.5) is 0 Å². The van der Waals surface area contributed by atoms with E-state index in [9.17, 15) is 0 Å². The molecule has 0 aromatic rings. The van der Waals surface area contributed by atoms with E-state index < -0.39 is 0 Å². The lowest BCUT2D eigenvalue weighted by atomic mass is 9.64. The standard InChI is InChI=1S/C20H30/c1-9-16-12-18(20(7,8)19(16,5)6)15(4)17-11-10-13(2)14(17)3/h10,12H,9,11H2,1-8H3/b18-15-. The van der Waals surface area contributed by atoms with E-state index >= 15 is 0 Å². The zero-order valence-corrected chi connectivity index (χ0v) is 14.6. The quantitative estimate of drug-likeness (QED) is 0.546. The Hall–Kier alpha value is -1.04. The highest BCUT2D eigenvalue weighted by Gasteiger charge is 2.46. The Bertz CT molecular complexity index is 557. The summed E-state index contributed by atoms with van der Waals surface area (Å²) in [6, 6.07) is 0. The van der Waals surface area contributed by atoms with Crippen LogP contribution in [0.25, 0.3) is 0 Å². The zero-order chi connectivity index (χ0) is 15.3. The summed E-state index contributed by atoms with van der Waals surface area (Å²) in [7, 11) is 0. The lowest BCUT2D eigenvalue weighted by Crippen LogP contribution is -2.31. The van der Waals surface area contributed by atoms with E-state index in [0.717, 1.165) is 12.8 Å². The maximum Gasteiger partial charge on any atom is -0.00125 e. The van der Waals surface area contributed by atoms with Crippen LogP contribution in [0.2, 0.25) is 0 Å². The topological polar surface area (TPSA) is 0 Å². The normalized spacial score (nSPS) is 26.8. The first-order valence-corrected chi connectivity index (χ1v) is 7.94. The molecule has 0 spiro atoms. The van der Waals surface area contributed by atoms with E-state index in [-0.39, 0.29) is 10.8 Å². The molecule has 0 heterocycles. The van der Waals surface area contributed by atoms with Gasteiger partial charge in [0.15, 0.2) is 0 Å². The molecule has 0 fully saturated rings. The van der Waals surface area contributed by atoms with E-state index in [2.05, 4.69) is 67.5 Å². The molecule has 0 nitrogen and oxygen atoms in total. The average Bonchev–Trinajstić information content (AvgIpc) is 2.77. The van der Waals surface area contributed by atoms with Crippen molar-refractivity contribution in [2.45, 2.75) is 68.2 Å². The van der Waals surface area contributed by atoms with Crippen molar-refractivity contribution in [1.29, 1.82) is 0 Å². The molecule has 0 heteroatoms. The Morgan fingerprint density at radius 1 is 1.10 bits per heavy atom. The Morgan fingerprint density at radius 2 is 1.70 bits per heavy atom. The first-order chi connectivity index (χ1) is 9.14. The van der Waals surface area contributed by atoms with Crippen LogP contribution in [-0.2, 0) is 0 Å². The maximum atomic E-state index is 2.49. The van der Waals surface area contributed by atoms with Gasteiger partial charge in [-0.1, -0.05) is 57.9 Å². The summed E-state index contributed by atoms with van der Waals surface area (Å²) in [4.78, 5) is 0. The van der Waals surface area contributed by atoms with Crippen molar-refractivity contribution in [3.05, 3.63) is 45.6 Å². The second-order valence-corrected chi connectivity index (χ2v) is 7.51. The van der Waals surface area contributed by atoms with Crippen LogP contribution < -0.4 is 0 Å². The Kier molecular flexibility index (Phi) is 3.65. The van der Waals surface area contributed by atoms with Crippen LogP contribution in [-0.4, -0.2) is 0 Å². The predicted molar refractivity (Wildman–Crippen MR) is 89.7 cm³/mol. The van der Waals surface area contributed by atoms with Gasteiger partial charge in [0.2, 0.25) is 0 Å². The molecule has 0 atom stereocenters. The molecule has 0 saturated heterocycles. The fourth-order valence-electron chi connectivity index (χ4n) is 3.79. The van der Waals surface area contributed by atoms with Crippen molar-refractivity contribution in [2.75, 3.05) is 0 Å². The van der Waals surface area contributed by atoms with Gasteiger partial charge in [-0.05, 0) is 66.7 Å². The van der Waals surface area contributed by atoms with Gasteiger partial charge in [0.1, 0.15) is 0 Å². The third-order valence-corrected chi connectivity index (χ3v) is 6.25. The van der Waals surface area contributed by atoms with Crippen LogP contribution >= 0.6 is 0 Å². The minimum atomic E-state index is 0.214. The molecule has 2 aliphatic carbocycles. The summed E-state index contributed by atoms with van der Waals surface area (Å²) in [6.45, 7) is 18.8. The van der Waals surface area contributed by atoms with Gasteiger partial charge in [-0.15, -0.1) is 0 Å². The number of hydrogen-bond acceptors (Lipinski definition) is 0. The van der Waals surface area contributed by atoms with Gasteiger partial charge in [-0.25, -0.2) is 0 Å². The number of allylic oxidation sites excluding steroid dienone is 8. The van der Waals surface area contributed by atoms with Crippen molar-refractivity contribution >= 4 is 0 Å². The highest BCUT2D eigenvalue weighted by Crippen LogP contribution is 2.57. The fraction of sp³-hybridized carbons (Fsp3) is 0.600. The molecule has 0 saturated carbocycles. The monoisotopic (exact) mass is 270 g/mol. The van der Waals surface area contributed by atoms with Gasteiger partial charge in [0.05, 0.1) is 0 Å². The minimum Gasteiger partial charge on any atom is -0.0769 e. The van der Waals surface area contributed by atoms with Crippen LogP contribution in [0.15, 0.2) is 45.6 Å². The van der Waals surface area contributed by atoms with Gasteiger partial charge >= 0.3 is 0 Å². The van der Waals surface area contributed by atoms with Gasteiger partial charge in [-0.3, -0.25) is 0 Å². The van der Waals surface area contributed by atoms with E-state index in [0.29, 0.717) is 0 Å². The molecule has 0 radical (unpaired) electrons. The first kappa shape index (κ1) is 15.4. The lowest BCUT2D eigenvalue weighted by Gasteiger charge is -2.39. The summed E-state index contributed by atoms with van der Waals surface area (Å²) in [5.41, 5.74) is 9.62. The molecule has 2 rings (SSSR count). The molecular formula is C20H30. The highest BCUT2D eigenvalue weighted by atomic mass is 14.5. The number of rotatable bonds is 2. The average molecular weight is 270 g/mol.